The van der Waals surface area contributed by atoms with Crippen molar-refractivity contribution in [3.8, 4) is 5.75 Å². The average molecular weight is 226 g/mol. The van der Waals surface area contributed by atoms with E-state index in [1.165, 1.54) is 0 Å². The van der Waals surface area contributed by atoms with Crippen LogP contribution < -0.4 is 5.32 Å². The molecule has 0 aliphatic carbocycles. The summed E-state index contributed by atoms with van der Waals surface area (Å²) in [6.45, 7) is 4.98. The summed E-state index contributed by atoms with van der Waals surface area (Å²) < 4.78 is 0. The van der Waals surface area contributed by atoms with Gasteiger partial charge < -0.3 is 10.4 Å². The standard InChI is InChI=1S/C12H16ClNO/c1-8-4-5-9(13)10(11(8)15)12(2)6-3-7-14-12/h4-5,14-15H,3,6-7H2,1-2H3. The molecule has 82 valence electrons. The lowest BCUT2D eigenvalue weighted by molar-refractivity contribution is 0.393. The fourth-order valence-electron chi connectivity index (χ4n) is 2.30. The first-order chi connectivity index (χ1) is 7.04. The second kappa shape index (κ2) is 3.69. The van der Waals surface area contributed by atoms with Crippen LogP contribution in [-0.4, -0.2) is 11.7 Å². The van der Waals surface area contributed by atoms with E-state index in [0.29, 0.717) is 10.8 Å². The van der Waals surface area contributed by atoms with Gasteiger partial charge in [-0.25, -0.2) is 0 Å². The molecule has 0 spiro atoms. The number of nitrogens with one attached hydrogen (secondary N) is 1. The van der Waals surface area contributed by atoms with Crippen molar-refractivity contribution in [2.24, 2.45) is 0 Å². The first-order valence-corrected chi connectivity index (χ1v) is 5.66. The van der Waals surface area contributed by atoms with Gasteiger partial charge in [-0.1, -0.05) is 17.7 Å². The lowest BCUT2D eigenvalue weighted by atomic mass is 9.88. The van der Waals surface area contributed by atoms with Gasteiger partial charge in [0.1, 0.15) is 5.75 Å². The summed E-state index contributed by atoms with van der Waals surface area (Å²) in [5.41, 5.74) is 1.55. The van der Waals surface area contributed by atoms with Gasteiger partial charge in [0.05, 0.1) is 0 Å². The van der Waals surface area contributed by atoms with Gasteiger partial charge in [-0.2, -0.15) is 0 Å². The molecule has 0 aromatic heterocycles. The zero-order valence-electron chi connectivity index (χ0n) is 9.10. The molecule has 1 saturated heterocycles. The lowest BCUT2D eigenvalue weighted by Gasteiger charge is -2.27. The molecule has 2 nitrogen and oxygen atoms in total. The van der Waals surface area contributed by atoms with Crippen molar-refractivity contribution in [1.29, 1.82) is 0 Å². The van der Waals surface area contributed by atoms with E-state index in [0.717, 1.165) is 30.5 Å². The number of hydrogen-bond donors (Lipinski definition) is 2. The van der Waals surface area contributed by atoms with Crippen LogP contribution in [0.3, 0.4) is 0 Å². The summed E-state index contributed by atoms with van der Waals surface area (Å²) in [6.07, 6.45) is 2.14. The summed E-state index contributed by atoms with van der Waals surface area (Å²) in [6, 6.07) is 3.71. The molecule has 2 N–H and O–H groups in total. The van der Waals surface area contributed by atoms with E-state index in [2.05, 4.69) is 12.2 Å². The highest BCUT2D eigenvalue weighted by Crippen LogP contribution is 2.41. The minimum absolute atomic E-state index is 0.173. The number of aryl methyl sites for hydroxylation is 1. The van der Waals surface area contributed by atoms with Gasteiger partial charge in [-0.15, -0.1) is 0 Å². The van der Waals surface area contributed by atoms with Crippen molar-refractivity contribution in [3.63, 3.8) is 0 Å². The van der Waals surface area contributed by atoms with E-state index in [-0.39, 0.29) is 5.54 Å². The predicted molar refractivity (Wildman–Crippen MR) is 62.4 cm³/mol. The van der Waals surface area contributed by atoms with Crippen molar-refractivity contribution < 1.29 is 5.11 Å². The molecule has 3 heteroatoms. The van der Waals surface area contributed by atoms with Gasteiger partial charge in [0.2, 0.25) is 0 Å². The monoisotopic (exact) mass is 225 g/mol. The van der Waals surface area contributed by atoms with E-state index in [4.69, 9.17) is 11.6 Å². The fraction of sp³-hybridized carbons (Fsp3) is 0.500. The van der Waals surface area contributed by atoms with Gasteiger partial charge >= 0.3 is 0 Å². The Hall–Kier alpha value is -0.730. The number of hydrogen-bond acceptors (Lipinski definition) is 2. The highest BCUT2D eigenvalue weighted by atomic mass is 35.5. The van der Waals surface area contributed by atoms with Crippen LogP contribution in [0.25, 0.3) is 0 Å². The number of aromatic hydroxyl groups is 1. The molecular formula is C12H16ClNO. The average Bonchev–Trinajstić information content (AvgIpc) is 2.60. The molecule has 1 aliphatic rings. The molecule has 1 heterocycles. The van der Waals surface area contributed by atoms with E-state index in [1.807, 2.05) is 19.1 Å². The SMILES string of the molecule is Cc1ccc(Cl)c(C2(C)CCCN2)c1O. The third-order valence-corrected chi connectivity index (χ3v) is 3.56. The largest absolute Gasteiger partial charge is 0.507 e. The Bertz CT molecular complexity index is 383. The highest BCUT2D eigenvalue weighted by Gasteiger charge is 2.34. The molecule has 0 bridgehead atoms. The minimum atomic E-state index is -0.173. The Morgan fingerprint density at radius 2 is 2.20 bits per heavy atom. The van der Waals surface area contributed by atoms with Crippen LogP contribution in [0.1, 0.15) is 30.9 Å². The predicted octanol–water partition coefficient (Wildman–Crippen LogP) is 2.95. The molecule has 15 heavy (non-hydrogen) atoms. The van der Waals surface area contributed by atoms with Crippen molar-refractivity contribution in [2.75, 3.05) is 6.54 Å². The number of rotatable bonds is 1. The number of phenolic OH excluding ortho intramolecular Hbond substituents is 1. The van der Waals surface area contributed by atoms with Gasteiger partial charge in [-0.05, 0) is 44.9 Å². The van der Waals surface area contributed by atoms with E-state index < -0.39 is 0 Å². The van der Waals surface area contributed by atoms with E-state index >= 15 is 0 Å². The normalized spacial score (nSPS) is 25.8. The summed E-state index contributed by atoms with van der Waals surface area (Å²) >= 11 is 6.17. The lowest BCUT2D eigenvalue weighted by Crippen LogP contribution is -2.33. The zero-order valence-corrected chi connectivity index (χ0v) is 9.86. The molecule has 1 unspecified atom stereocenters. The first-order valence-electron chi connectivity index (χ1n) is 5.28. The minimum Gasteiger partial charge on any atom is -0.507 e. The first kappa shape index (κ1) is 10.8. The zero-order chi connectivity index (χ0) is 11.1. The van der Waals surface area contributed by atoms with Gasteiger partial charge in [0, 0.05) is 16.1 Å². The molecule has 1 atom stereocenters. The quantitative estimate of drug-likeness (QED) is 0.770. The van der Waals surface area contributed by atoms with Crippen LogP contribution in [0, 0.1) is 6.92 Å². The second-order valence-corrected chi connectivity index (χ2v) is 4.86. The summed E-state index contributed by atoms with van der Waals surface area (Å²) in [5.74, 6) is 0.333. The molecule has 0 amide bonds. The van der Waals surface area contributed by atoms with Gasteiger partial charge in [-0.3, -0.25) is 0 Å². The van der Waals surface area contributed by atoms with Crippen LogP contribution >= 0.6 is 11.6 Å². The Kier molecular flexibility index (Phi) is 2.65. The van der Waals surface area contributed by atoms with Gasteiger partial charge in [0.15, 0.2) is 0 Å². The van der Waals surface area contributed by atoms with Crippen LogP contribution in [0.15, 0.2) is 12.1 Å². The molecule has 2 rings (SSSR count). The summed E-state index contributed by atoms with van der Waals surface area (Å²) in [4.78, 5) is 0. The van der Waals surface area contributed by atoms with E-state index in [1.54, 1.807) is 0 Å². The Labute approximate surface area is 95.3 Å². The van der Waals surface area contributed by atoms with Crippen molar-refractivity contribution >= 4 is 11.6 Å². The smallest absolute Gasteiger partial charge is 0.125 e. The van der Waals surface area contributed by atoms with Crippen LogP contribution in [-0.2, 0) is 5.54 Å². The van der Waals surface area contributed by atoms with Crippen LogP contribution in [0.4, 0.5) is 0 Å². The summed E-state index contributed by atoms with van der Waals surface area (Å²) in [7, 11) is 0. The fourth-order valence-corrected chi connectivity index (χ4v) is 2.66. The third kappa shape index (κ3) is 1.72. The molecule has 1 aromatic carbocycles. The molecular weight excluding hydrogens is 210 g/mol. The molecule has 1 aromatic rings. The van der Waals surface area contributed by atoms with Crippen LogP contribution in [0.5, 0.6) is 5.75 Å². The maximum Gasteiger partial charge on any atom is 0.125 e. The Morgan fingerprint density at radius 1 is 1.47 bits per heavy atom. The van der Waals surface area contributed by atoms with Crippen molar-refractivity contribution in [1.82, 2.24) is 5.32 Å². The van der Waals surface area contributed by atoms with Crippen molar-refractivity contribution in [2.45, 2.75) is 32.2 Å². The number of halogens is 1. The Morgan fingerprint density at radius 3 is 2.80 bits per heavy atom. The van der Waals surface area contributed by atoms with Crippen molar-refractivity contribution in [3.05, 3.63) is 28.3 Å². The number of benzene rings is 1. The maximum absolute atomic E-state index is 10.1. The maximum atomic E-state index is 10.1. The topological polar surface area (TPSA) is 32.3 Å². The van der Waals surface area contributed by atoms with Crippen LogP contribution in [0.2, 0.25) is 5.02 Å². The Balaban J connectivity index is 2.55. The molecule has 0 radical (unpaired) electrons. The molecule has 0 saturated carbocycles. The second-order valence-electron chi connectivity index (χ2n) is 4.45. The number of phenols is 1. The summed E-state index contributed by atoms with van der Waals surface area (Å²) in [5, 5.41) is 14.1. The van der Waals surface area contributed by atoms with Gasteiger partial charge in [0.25, 0.3) is 0 Å². The molecule has 1 fully saturated rings. The van der Waals surface area contributed by atoms with E-state index in [9.17, 15) is 5.11 Å². The molecule has 1 aliphatic heterocycles. The third-order valence-electron chi connectivity index (χ3n) is 3.25. The highest BCUT2D eigenvalue weighted by molar-refractivity contribution is 6.31.